The normalized spacial score (nSPS) is 9.86. The second-order valence-electron chi connectivity index (χ2n) is 3.24. The zero-order valence-corrected chi connectivity index (χ0v) is 8.63. The van der Waals surface area contributed by atoms with Crippen molar-refractivity contribution in [3.63, 3.8) is 0 Å². The Labute approximate surface area is 84.4 Å². The molecule has 3 heteroatoms. The summed E-state index contributed by atoms with van der Waals surface area (Å²) >= 11 is 0. The molecule has 0 aromatic heterocycles. The third-order valence-corrected chi connectivity index (χ3v) is 1.96. The quantitative estimate of drug-likeness (QED) is 0.566. The summed E-state index contributed by atoms with van der Waals surface area (Å²) in [6.07, 6.45) is 0.976. The largest absolute Gasteiger partial charge is 0.493 e. The maximum Gasteiger partial charge on any atom is 0.122 e. The monoisotopic (exact) mass is 192 g/mol. The molecule has 0 radical (unpaired) electrons. The Morgan fingerprint density at radius 2 is 2.21 bits per heavy atom. The molecular formula is C11H16N2O. The van der Waals surface area contributed by atoms with Crippen molar-refractivity contribution < 1.29 is 4.74 Å². The van der Waals surface area contributed by atoms with Crippen LogP contribution in [-0.4, -0.2) is 12.4 Å². The van der Waals surface area contributed by atoms with E-state index in [0.29, 0.717) is 12.2 Å². The first-order valence-corrected chi connectivity index (χ1v) is 4.73. The van der Waals surface area contributed by atoms with Gasteiger partial charge in [-0.15, -0.1) is 0 Å². The Balaban J connectivity index is 2.90. The Bertz CT molecular complexity index is 334. The van der Waals surface area contributed by atoms with Crippen molar-refractivity contribution in [3.05, 3.63) is 29.3 Å². The Kier molecular flexibility index (Phi) is 3.51. The van der Waals surface area contributed by atoms with Gasteiger partial charge >= 0.3 is 0 Å². The smallest absolute Gasteiger partial charge is 0.122 e. The number of nitrogens with one attached hydrogen (secondary N) is 1. The molecule has 0 spiro atoms. The van der Waals surface area contributed by atoms with E-state index in [-0.39, 0.29) is 5.84 Å². The summed E-state index contributed by atoms with van der Waals surface area (Å²) < 4.78 is 5.52. The van der Waals surface area contributed by atoms with Gasteiger partial charge in [0.2, 0.25) is 0 Å². The third kappa shape index (κ3) is 2.49. The van der Waals surface area contributed by atoms with Gasteiger partial charge in [0.05, 0.1) is 6.61 Å². The van der Waals surface area contributed by atoms with E-state index in [9.17, 15) is 0 Å². The summed E-state index contributed by atoms with van der Waals surface area (Å²) in [7, 11) is 0. The average Bonchev–Trinajstić information content (AvgIpc) is 2.16. The highest BCUT2D eigenvalue weighted by Crippen LogP contribution is 2.19. The summed E-state index contributed by atoms with van der Waals surface area (Å²) in [5.74, 6) is 0.894. The van der Waals surface area contributed by atoms with Crippen LogP contribution in [0.4, 0.5) is 0 Å². The van der Waals surface area contributed by atoms with Gasteiger partial charge < -0.3 is 10.5 Å². The van der Waals surface area contributed by atoms with Crippen molar-refractivity contribution in [1.82, 2.24) is 0 Å². The van der Waals surface area contributed by atoms with Gasteiger partial charge in [0, 0.05) is 5.56 Å². The highest BCUT2D eigenvalue weighted by Gasteiger charge is 2.02. The molecule has 3 nitrogen and oxygen atoms in total. The highest BCUT2D eigenvalue weighted by atomic mass is 16.5. The second-order valence-corrected chi connectivity index (χ2v) is 3.24. The zero-order chi connectivity index (χ0) is 10.6. The van der Waals surface area contributed by atoms with Gasteiger partial charge in [0.1, 0.15) is 11.6 Å². The number of rotatable bonds is 4. The van der Waals surface area contributed by atoms with Gasteiger partial charge in [-0.05, 0) is 25.0 Å². The average molecular weight is 192 g/mol. The first-order valence-electron chi connectivity index (χ1n) is 4.73. The van der Waals surface area contributed by atoms with Gasteiger partial charge in [-0.1, -0.05) is 19.1 Å². The van der Waals surface area contributed by atoms with E-state index < -0.39 is 0 Å². The number of hydrogen-bond donors (Lipinski definition) is 2. The number of amidine groups is 1. The van der Waals surface area contributed by atoms with Crippen molar-refractivity contribution in [3.8, 4) is 5.75 Å². The number of benzene rings is 1. The predicted octanol–water partition coefficient (Wildman–Crippen LogP) is 2.07. The van der Waals surface area contributed by atoms with Crippen LogP contribution < -0.4 is 10.5 Å². The van der Waals surface area contributed by atoms with E-state index >= 15 is 0 Å². The molecule has 0 atom stereocenters. The Hall–Kier alpha value is -1.51. The highest BCUT2D eigenvalue weighted by molar-refractivity contribution is 5.95. The molecule has 0 aliphatic rings. The molecule has 76 valence electrons. The van der Waals surface area contributed by atoms with E-state index in [1.807, 2.05) is 25.1 Å². The van der Waals surface area contributed by atoms with Crippen molar-refractivity contribution >= 4 is 5.84 Å². The summed E-state index contributed by atoms with van der Waals surface area (Å²) in [5, 5.41) is 7.30. The standard InChI is InChI=1S/C11H16N2O/c1-3-6-14-10-7-9(11(12)13)5-4-8(10)2/h4-5,7H,3,6H2,1-2H3,(H3,12,13). The first-order chi connectivity index (χ1) is 6.65. The van der Waals surface area contributed by atoms with Crippen LogP contribution in [0.2, 0.25) is 0 Å². The molecule has 3 N–H and O–H groups in total. The van der Waals surface area contributed by atoms with E-state index in [1.165, 1.54) is 0 Å². The summed E-state index contributed by atoms with van der Waals surface area (Å²) in [4.78, 5) is 0. The molecule has 0 heterocycles. The lowest BCUT2D eigenvalue weighted by molar-refractivity contribution is 0.315. The Morgan fingerprint density at radius 3 is 2.79 bits per heavy atom. The number of nitrogen functional groups attached to an aromatic ring is 1. The molecular weight excluding hydrogens is 176 g/mol. The van der Waals surface area contributed by atoms with Gasteiger partial charge in [-0.2, -0.15) is 0 Å². The molecule has 0 aliphatic heterocycles. The maximum absolute atomic E-state index is 7.30. The summed E-state index contributed by atoms with van der Waals surface area (Å²) in [6.45, 7) is 4.74. The summed E-state index contributed by atoms with van der Waals surface area (Å²) in [5.41, 5.74) is 7.17. The molecule has 0 aliphatic carbocycles. The van der Waals surface area contributed by atoms with Crippen LogP contribution >= 0.6 is 0 Å². The zero-order valence-electron chi connectivity index (χ0n) is 8.63. The van der Waals surface area contributed by atoms with Gasteiger partial charge in [0.15, 0.2) is 0 Å². The topological polar surface area (TPSA) is 59.1 Å². The number of nitrogens with two attached hydrogens (primary N) is 1. The number of ether oxygens (including phenoxy) is 1. The molecule has 1 aromatic rings. The van der Waals surface area contributed by atoms with Crippen LogP contribution in [0.1, 0.15) is 24.5 Å². The van der Waals surface area contributed by atoms with E-state index in [4.69, 9.17) is 15.9 Å². The van der Waals surface area contributed by atoms with Crippen molar-refractivity contribution in [1.29, 1.82) is 5.41 Å². The molecule has 0 saturated carbocycles. The second kappa shape index (κ2) is 4.65. The van der Waals surface area contributed by atoms with Crippen LogP contribution in [0.5, 0.6) is 5.75 Å². The first kappa shape index (κ1) is 10.6. The molecule has 0 bridgehead atoms. The summed E-state index contributed by atoms with van der Waals surface area (Å²) in [6, 6.07) is 5.56. The van der Waals surface area contributed by atoms with Gasteiger partial charge in [0.25, 0.3) is 0 Å². The van der Waals surface area contributed by atoms with Gasteiger partial charge in [-0.3, -0.25) is 5.41 Å². The fraction of sp³-hybridized carbons (Fsp3) is 0.364. The minimum absolute atomic E-state index is 0.0753. The number of aryl methyl sites for hydroxylation is 1. The minimum Gasteiger partial charge on any atom is -0.493 e. The van der Waals surface area contributed by atoms with Gasteiger partial charge in [-0.25, -0.2) is 0 Å². The predicted molar refractivity (Wildman–Crippen MR) is 58.0 cm³/mol. The molecule has 1 rings (SSSR count). The maximum atomic E-state index is 7.30. The number of hydrogen-bond acceptors (Lipinski definition) is 2. The molecule has 0 amide bonds. The van der Waals surface area contributed by atoms with Crippen molar-refractivity contribution in [2.45, 2.75) is 20.3 Å². The third-order valence-electron chi connectivity index (χ3n) is 1.96. The fourth-order valence-corrected chi connectivity index (χ4v) is 1.14. The van der Waals surface area contributed by atoms with E-state index in [2.05, 4.69) is 6.92 Å². The van der Waals surface area contributed by atoms with Crippen LogP contribution in [0.25, 0.3) is 0 Å². The van der Waals surface area contributed by atoms with Crippen LogP contribution in [-0.2, 0) is 0 Å². The SMILES string of the molecule is CCCOc1cc(C(=N)N)ccc1C. The minimum atomic E-state index is 0.0753. The fourth-order valence-electron chi connectivity index (χ4n) is 1.14. The molecule has 1 aromatic carbocycles. The van der Waals surface area contributed by atoms with E-state index in [0.717, 1.165) is 17.7 Å². The lowest BCUT2D eigenvalue weighted by Gasteiger charge is -2.09. The van der Waals surface area contributed by atoms with Crippen LogP contribution in [0, 0.1) is 12.3 Å². The van der Waals surface area contributed by atoms with Crippen molar-refractivity contribution in [2.75, 3.05) is 6.61 Å². The van der Waals surface area contributed by atoms with E-state index in [1.54, 1.807) is 0 Å². The molecule has 0 saturated heterocycles. The van der Waals surface area contributed by atoms with Crippen LogP contribution in [0.15, 0.2) is 18.2 Å². The molecule has 14 heavy (non-hydrogen) atoms. The lowest BCUT2D eigenvalue weighted by atomic mass is 10.1. The lowest BCUT2D eigenvalue weighted by Crippen LogP contribution is -2.11. The Morgan fingerprint density at radius 1 is 1.50 bits per heavy atom. The van der Waals surface area contributed by atoms with Crippen molar-refractivity contribution in [2.24, 2.45) is 5.73 Å². The molecule has 0 fully saturated rings. The molecule has 0 unspecified atom stereocenters. The van der Waals surface area contributed by atoms with Crippen LogP contribution in [0.3, 0.4) is 0 Å².